The molecule has 0 aromatic carbocycles. The van der Waals surface area contributed by atoms with Crippen molar-refractivity contribution in [2.45, 2.75) is 18.9 Å². The first-order valence-electron chi connectivity index (χ1n) is 8.15. The molecule has 7 heteroatoms. The van der Waals surface area contributed by atoms with Gasteiger partial charge in [-0.3, -0.25) is 4.40 Å². The maximum atomic E-state index is 5.25. The average molecular weight is 324 g/mol. The minimum Gasteiger partial charge on any atom is -0.497 e. The van der Waals surface area contributed by atoms with E-state index in [9.17, 15) is 0 Å². The Bertz CT molecular complexity index is 840. The maximum Gasteiger partial charge on any atom is 0.223 e. The van der Waals surface area contributed by atoms with E-state index in [4.69, 9.17) is 4.74 Å². The topological polar surface area (TPSA) is 76.4 Å². The fraction of sp³-hybridized carbons (Fsp3) is 0.353. The minimum absolute atomic E-state index is 0.375. The first-order valence-corrected chi connectivity index (χ1v) is 8.15. The highest BCUT2D eigenvalue weighted by molar-refractivity contribution is 5.61. The fourth-order valence-corrected chi connectivity index (χ4v) is 3.01. The molecule has 0 radical (unpaired) electrons. The number of anilines is 1. The van der Waals surface area contributed by atoms with E-state index in [1.54, 1.807) is 13.3 Å². The lowest BCUT2D eigenvalue weighted by Crippen LogP contribution is -2.38. The second-order valence-electron chi connectivity index (χ2n) is 5.89. The van der Waals surface area contributed by atoms with Crippen molar-refractivity contribution in [1.82, 2.24) is 24.7 Å². The number of hydrogen-bond acceptors (Lipinski definition) is 6. The summed E-state index contributed by atoms with van der Waals surface area (Å²) in [5.41, 5.74) is 2.60. The van der Waals surface area contributed by atoms with E-state index >= 15 is 0 Å². The molecular formula is C17H20N6O. The smallest absolute Gasteiger partial charge is 0.223 e. The lowest BCUT2D eigenvalue weighted by molar-refractivity contribution is 0.414. The van der Waals surface area contributed by atoms with Gasteiger partial charge in [-0.1, -0.05) is 0 Å². The molecular weight excluding hydrogens is 304 g/mol. The third-order valence-corrected chi connectivity index (χ3v) is 4.27. The number of piperidine rings is 1. The molecule has 4 rings (SSSR count). The van der Waals surface area contributed by atoms with Gasteiger partial charge in [0.2, 0.25) is 5.95 Å². The molecule has 4 heterocycles. The number of methoxy groups -OCH3 is 1. The van der Waals surface area contributed by atoms with Crippen LogP contribution in [0.3, 0.4) is 0 Å². The van der Waals surface area contributed by atoms with Crippen LogP contribution in [-0.2, 0) is 0 Å². The normalized spacial score (nSPS) is 17.8. The van der Waals surface area contributed by atoms with Crippen LogP contribution in [0.5, 0.6) is 5.75 Å². The maximum absolute atomic E-state index is 5.25. The Hall–Kier alpha value is -2.67. The molecule has 0 amide bonds. The summed E-state index contributed by atoms with van der Waals surface area (Å²) in [6.45, 7) is 2.04. The highest BCUT2D eigenvalue weighted by atomic mass is 16.5. The van der Waals surface area contributed by atoms with Gasteiger partial charge in [0.05, 0.1) is 24.7 Å². The number of nitrogens with zero attached hydrogens (tertiary/aromatic N) is 4. The number of ether oxygens (including phenoxy) is 1. The number of hydrogen-bond donors (Lipinski definition) is 2. The van der Waals surface area contributed by atoms with Crippen LogP contribution in [0.2, 0.25) is 0 Å². The molecule has 7 nitrogen and oxygen atoms in total. The molecule has 1 aliphatic heterocycles. The largest absolute Gasteiger partial charge is 0.497 e. The molecule has 3 aromatic heterocycles. The van der Waals surface area contributed by atoms with Crippen LogP contribution in [0.4, 0.5) is 5.95 Å². The molecule has 1 fully saturated rings. The van der Waals surface area contributed by atoms with Gasteiger partial charge >= 0.3 is 0 Å². The molecule has 0 aliphatic carbocycles. The van der Waals surface area contributed by atoms with Crippen LogP contribution < -0.4 is 15.4 Å². The van der Waals surface area contributed by atoms with Crippen molar-refractivity contribution in [2.75, 3.05) is 25.5 Å². The Kier molecular flexibility index (Phi) is 4.00. The summed E-state index contributed by atoms with van der Waals surface area (Å²) >= 11 is 0. The van der Waals surface area contributed by atoms with E-state index < -0.39 is 0 Å². The quantitative estimate of drug-likeness (QED) is 0.764. The molecule has 1 atom stereocenters. The zero-order valence-electron chi connectivity index (χ0n) is 13.6. The van der Waals surface area contributed by atoms with Crippen molar-refractivity contribution < 1.29 is 4.74 Å². The lowest BCUT2D eigenvalue weighted by atomic mass is 10.1. The molecule has 2 N–H and O–H groups in total. The minimum atomic E-state index is 0.375. The molecule has 3 aromatic rings. The third kappa shape index (κ3) is 2.90. The summed E-state index contributed by atoms with van der Waals surface area (Å²) in [4.78, 5) is 13.5. The van der Waals surface area contributed by atoms with E-state index in [1.807, 2.05) is 35.0 Å². The van der Waals surface area contributed by atoms with Gasteiger partial charge in [-0.05, 0) is 31.5 Å². The fourth-order valence-electron chi connectivity index (χ4n) is 3.01. The van der Waals surface area contributed by atoms with Crippen molar-refractivity contribution in [1.29, 1.82) is 0 Å². The SMILES string of the molecule is COc1ccn2c(-c3ccnc(N[C@@H]4CCCNC4)n3)cnc2c1. The molecule has 24 heavy (non-hydrogen) atoms. The van der Waals surface area contributed by atoms with Crippen LogP contribution in [0, 0.1) is 0 Å². The van der Waals surface area contributed by atoms with E-state index in [1.165, 1.54) is 6.42 Å². The Labute approximate surface area is 140 Å². The number of pyridine rings is 1. The molecule has 0 spiro atoms. The lowest BCUT2D eigenvalue weighted by Gasteiger charge is -2.23. The Morgan fingerprint density at radius 3 is 3.12 bits per heavy atom. The van der Waals surface area contributed by atoms with Crippen molar-refractivity contribution in [3.05, 3.63) is 36.8 Å². The molecule has 1 saturated heterocycles. The zero-order valence-corrected chi connectivity index (χ0v) is 13.6. The number of nitrogens with one attached hydrogen (secondary N) is 2. The van der Waals surface area contributed by atoms with Gasteiger partial charge in [-0.15, -0.1) is 0 Å². The third-order valence-electron chi connectivity index (χ3n) is 4.27. The van der Waals surface area contributed by atoms with Gasteiger partial charge in [0.25, 0.3) is 0 Å². The second-order valence-corrected chi connectivity index (χ2v) is 5.89. The van der Waals surface area contributed by atoms with Crippen molar-refractivity contribution in [3.8, 4) is 17.1 Å². The van der Waals surface area contributed by atoms with Crippen molar-refractivity contribution in [3.63, 3.8) is 0 Å². The average Bonchev–Trinajstić information content (AvgIpc) is 3.06. The van der Waals surface area contributed by atoms with Crippen molar-refractivity contribution in [2.24, 2.45) is 0 Å². The monoisotopic (exact) mass is 324 g/mol. The highest BCUT2D eigenvalue weighted by Gasteiger charge is 2.15. The number of imidazole rings is 1. The molecule has 1 aliphatic rings. The predicted octanol–water partition coefficient (Wildman–Crippen LogP) is 1.96. The predicted molar refractivity (Wildman–Crippen MR) is 92.3 cm³/mol. The summed E-state index contributed by atoms with van der Waals surface area (Å²) in [5.74, 6) is 1.44. The number of aromatic nitrogens is 4. The van der Waals surface area contributed by atoms with E-state index in [-0.39, 0.29) is 0 Å². The summed E-state index contributed by atoms with van der Waals surface area (Å²) in [7, 11) is 1.65. The summed E-state index contributed by atoms with van der Waals surface area (Å²) in [6.07, 6.45) is 7.85. The second kappa shape index (κ2) is 6.45. The van der Waals surface area contributed by atoms with Gasteiger partial charge in [0.15, 0.2) is 0 Å². The van der Waals surface area contributed by atoms with E-state index in [0.29, 0.717) is 12.0 Å². The van der Waals surface area contributed by atoms with E-state index in [2.05, 4.69) is 25.6 Å². The number of rotatable bonds is 4. The number of fused-ring (bicyclic) bond motifs is 1. The summed E-state index contributed by atoms with van der Waals surface area (Å²) in [6, 6.07) is 6.09. The Morgan fingerprint density at radius 1 is 1.33 bits per heavy atom. The van der Waals surface area contributed by atoms with Crippen LogP contribution in [0.25, 0.3) is 17.0 Å². The summed E-state index contributed by atoms with van der Waals surface area (Å²) in [5, 5.41) is 6.80. The van der Waals surface area contributed by atoms with Gasteiger partial charge in [0, 0.05) is 31.0 Å². The highest BCUT2D eigenvalue weighted by Crippen LogP contribution is 2.22. The standard InChI is InChI=1S/C17H20N6O/c1-24-13-5-8-23-15(11-20-16(23)9-13)14-4-7-19-17(22-14)21-12-3-2-6-18-10-12/h4-5,7-9,11-12,18H,2-3,6,10H2,1H3,(H,19,21,22)/t12-/m1/s1. The van der Waals surface area contributed by atoms with Crippen LogP contribution in [0.1, 0.15) is 12.8 Å². The van der Waals surface area contributed by atoms with Gasteiger partial charge in [-0.25, -0.2) is 15.0 Å². The molecule has 0 unspecified atom stereocenters. The van der Waals surface area contributed by atoms with Crippen LogP contribution in [0.15, 0.2) is 36.8 Å². The molecule has 124 valence electrons. The van der Waals surface area contributed by atoms with Gasteiger partial charge in [-0.2, -0.15) is 0 Å². The first kappa shape index (κ1) is 14.9. The van der Waals surface area contributed by atoms with Gasteiger partial charge in [0.1, 0.15) is 11.4 Å². The first-order chi connectivity index (χ1) is 11.8. The molecule has 0 bridgehead atoms. The molecule has 0 saturated carbocycles. The zero-order chi connectivity index (χ0) is 16.4. The van der Waals surface area contributed by atoms with E-state index in [0.717, 1.165) is 42.3 Å². The Balaban J connectivity index is 1.63. The van der Waals surface area contributed by atoms with Crippen LogP contribution in [-0.4, -0.2) is 45.6 Å². The van der Waals surface area contributed by atoms with Crippen molar-refractivity contribution >= 4 is 11.6 Å². The summed E-state index contributed by atoms with van der Waals surface area (Å²) < 4.78 is 7.24. The van der Waals surface area contributed by atoms with Crippen LogP contribution >= 0.6 is 0 Å². The Morgan fingerprint density at radius 2 is 2.29 bits per heavy atom. The van der Waals surface area contributed by atoms with Gasteiger partial charge < -0.3 is 15.4 Å².